The van der Waals surface area contributed by atoms with E-state index in [-0.39, 0.29) is 17.5 Å². The number of aryl methyl sites for hydroxylation is 1. The Kier molecular flexibility index (Phi) is 4.43. The Labute approximate surface area is 119 Å². The van der Waals surface area contributed by atoms with Gasteiger partial charge in [0.1, 0.15) is 5.82 Å². The topological polar surface area (TPSA) is 66.6 Å². The lowest BCUT2D eigenvalue weighted by atomic mass is 10.2. The number of piperazine rings is 1. The van der Waals surface area contributed by atoms with Gasteiger partial charge in [-0.3, -0.25) is 0 Å². The zero-order chi connectivity index (χ0) is 14.9. The zero-order valence-electron chi connectivity index (χ0n) is 11.7. The molecule has 0 radical (unpaired) electrons. The molecule has 2 N–H and O–H groups in total. The van der Waals surface area contributed by atoms with E-state index in [0.717, 1.165) is 0 Å². The number of halogens is 1. The second-order valence-corrected chi connectivity index (χ2v) is 7.04. The Bertz CT molecular complexity index is 591. The van der Waals surface area contributed by atoms with E-state index < -0.39 is 15.8 Å². The average Bonchev–Trinajstić information content (AvgIpc) is 2.37. The van der Waals surface area contributed by atoms with E-state index >= 15 is 0 Å². The third-order valence-corrected chi connectivity index (χ3v) is 5.74. The van der Waals surface area contributed by atoms with Crippen LogP contribution in [0.4, 0.5) is 4.39 Å². The van der Waals surface area contributed by atoms with Crippen molar-refractivity contribution in [2.24, 2.45) is 5.73 Å². The molecule has 7 heteroatoms. The lowest BCUT2D eigenvalue weighted by molar-refractivity contribution is 0.164. The highest BCUT2D eigenvalue weighted by Gasteiger charge is 2.35. The van der Waals surface area contributed by atoms with Crippen molar-refractivity contribution in [2.75, 3.05) is 33.2 Å². The van der Waals surface area contributed by atoms with Crippen LogP contribution < -0.4 is 5.73 Å². The quantitative estimate of drug-likeness (QED) is 0.877. The highest BCUT2D eigenvalue weighted by atomic mass is 32.2. The minimum Gasteiger partial charge on any atom is -0.329 e. The maximum absolute atomic E-state index is 13.1. The summed E-state index contributed by atoms with van der Waals surface area (Å²) in [7, 11) is -1.69. The highest BCUT2D eigenvalue weighted by molar-refractivity contribution is 7.89. The largest absolute Gasteiger partial charge is 0.329 e. The summed E-state index contributed by atoms with van der Waals surface area (Å²) >= 11 is 0. The molecule has 1 aromatic carbocycles. The van der Waals surface area contributed by atoms with E-state index in [4.69, 9.17) is 5.73 Å². The lowest BCUT2D eigenvalue weighted by Gasteiger charge is -2.38. The maximum Gasteiger partial charge on any atom is 0.243 e. The molecule has 20 heavy (non-hydrogen) atoms. The molecule has 112 valence electrons. The number of hydrogen-bond acceptors (Lipinski definition) is 4. The molecule has 1 unspecified atom stereocenters. The van der Waals surface area contributed by atoms with Crippen LogP contribution in [0.3, 0.4) is 0 Å². The van der Waals surface area contributed by atoms with Crippen molar-refractivity contribution in [2.45, 2.75) is 17.9 Å². The van der Waals surface area contributed by atoms with Gasteiger partial charge in [-0.1, -0.05) is 0 Å². The fraction of sp³-hybridized carbons (Fsp3) is 0.538. The molecule has 1 saturated heterocycles. The van der Waals surface area contributed by atoms with Crippen molar-refractivity contribution in [3.8, 4) is 0 Å². The molecule has 2 rings (SSSR count). The molecule has 5 nitrogen and oxygen atoms in total. The molecule has 0 aromatic heterocycles. The molecule has 1 fully saturated rings. The van der Waals surface area contributed by atoms with Crippen molar-refractivity contribution < 1.29 is 12.8 Å². The summed E-state index contributed by atoms with van der Waals surface area (Å²) in [6.45, 7) is 3.54. The summed E-state index contributed by atoms with van der Waals surface area (Å²) in [5.41, 5.74) is 6.12. The first-order valence-corrected chi connectivity index (χ1v) is 7.97. The van der Waals surface area contributed by atoms with Crippen LogP contribution in [0.1, 0.15) is 5.56 Å². The van der Waals surface area contributed by atoms with Crippen molar-refractivity contribution in [1.29, 1.82) is 0 Å². The summed E-state index contributed by atoms with van der Waals surface area (Å²) in [6.07, 6.45) is 0. The Morgan fingerprint density at radius 2 is 2.10 bits per heavy atom. The molecule has 1 heterocycles. The standard InChI is InChI=1S/C13H20FN3O2S/c1-10-7-11(14)3-4-13(10)20(18,19)17-6-5-16(2)9-12(17)8-15/h3-4,7,12H,5-6,8-9,15H2,1-2H3. The normalized spacial score (nSPS) is 22.1. The molecule has 0 amide bonds. The van der Waals surface area contributed by atoms with E-state index in [2.05, 4.69) is 4.90 Å². The third kappa shape index (κ3) is 2.85. The molecule has 0 aliphatic carbocycles. The second kappa shape index (κ2) is 5.77. The van der Waals surface area contributed by atoms with Crippen molar-refractivity contribution in [3.63, 3.8) is 0 Å². The summed E-state index contributed by atoms with van der Waals surface area (Å²) in [5, 5.41) is 0. The first-order valence-electron chi connectivity index (χ1n) is 6.53. The van der Waals surface area contributed by atoms with Gasteiger partial charge in [0.25, 0.3) is 0 Å². The van der Waals surface area contributed by atoms with Gasteiger partial charge < -0.3 is 10.6 Å². The first kappa shape index (κ1) is 15.4. The summed E-state index contributed by atoms with van der Waals surface area (Å²) in [5.74, 6) is -0.435. The van der Waals surface area contributed by atoms with Gasteiger partial charge in [0.2, 0.25) is 10.0 Å². The van der Waals surface area contributed by atoms with Crippen LogP contribution in [0.15, 0.2) is 23.1 Å². The molecule has 0 saturated carbocycles. The predicted octanol–water partition coefficient (Wildman–Crippen LogP) is 0.398. The van der Waals surface area contributed by atoms with Crippen molar-refractivity contribution in [1.82, 2.24) is 9.21 Å². The van der Waals surface area contributed by atoms with Crippen molar-refractivity contribution >= 4 is 10.0 Å². The Morgan fingerprint density at radius 1 is 1.40 bits per heavy atom. The molecule has 0 bridgehead atoms. The number of benzene rings is 1. The van der Waals surface area contributed by atoms with E-state index in [1.165, 1.54) is 22.5 Å². The average molecular weight is 301 g/mol. The van der Waals surface area contributed by atoms with Crippen LogP contribution in [0, 0.1) is 12.7 Å². The minimum absolute atomic E-state index is 0.155. The third-order valence-electron chi connectivity index (χ3n) is 3.63. The van der Waals surface area contributed by atoms with Gasteiger partial charge in [-0.05, 0) is 37.7 Å². The number of rotatable bonds is 3. The fourth-order valence-corrected chi connectivity index (χ4v) is 4.36. The van der Waals surface area contributed by atoms with Crippen LogP contribution in [0.5, 0.6) is 0 Å². The van der Waals surface area contributed by atoms with Gasteiger partial charge in [0, 0.05) is 26.2 Å². The lowest BCUT2D eigenvalue weighted by Crippen LogP contribution is -2.56. The van der Waals surface area contributed by atoms with Crippen LogP contribution in [0.2, 0.25) is 0 Å². The number of sulfonamides is 1. The predicted molar refractivity (Wildman–Crippen MR) is 75.4 cm³/mol. The number of likely N-dealkylation sites (N-methyl/N-ethyl adjacent to an activating group) is 1. The number of nitrogens with two attached hydrogens (primary N) is 1. The van der Waals surface area contributed by atoms with Gasteiger partial charge >= 0.3 is 0 Å². The van der Waals surface area contributed by atoms with Crippen LogP contribution >= 0.6 is 0 Å². The molecule has 1 aromatic rings. The molecule has 1 aliphatic rings. The minimum atomic E-state index is -3.63. The highest BCUT2D eigenvalue weighted by Crippen LogP contribution is 2.24. The SMILES string of the molecule is Cc1cc(F)ccc1S(=O)(=O)N1CCN(C)CC1CN. The van der Waals surface area contributed by atoms with E-state index in [0.29, 0.717) is 25.2 Å². The molecule has 1 atom stereocenters. The molecular weight excluding hydrogens is 281 g/mol. The van der Waals surface area contributed by atoms with E-state index in [9.17, 15) is 12.8 Å². The number of nitrogens with zero attached hydrogens (tertiary/aromatic N) is 2. The monoisotopic (exact) mass is 301 g/mol. The van der Waals surface area contributed by atoms with Crippen LogP contribution in [-0.4, -0.2) is 56.9 Å². The van der Waals surface area contributed by atoms with E-state index in [1.54, 1.807) is 6.92 Å². The van der Waals surface area contributed by atoms with Crippen molar-refractivity contribution in [3.05, 3.63) is 29.6 Å². The first-order chi connectivity index (χ1) is 9.36. The number of hydrogen-bond donors (Lipinski definition) is 1. The summed E-state index contributed by atoms with van der Waals surface area (Å²) in [6, 6.07) is 3.49. The molecule has 1 aliphatic heterocycles. The zero-order valence-corrected chi connectivity index (χ0v) is 12.5. The Balaban J connectivity index is 2.38. The molecular formula is C13H20FN3O2S. The van der Waals surface area contributed by atoms with Crippen LogP contribution in [-0.2, 0) is 10.0 Å². The van der Waals surface area contributed by atoms with Gasteiger partial charge in [-0.25, -0.2) is 12.8 Å². The van der Waals surface area contributed by atoms with E-state index in [1.807, 2.05) is 7.05 Å². The van der Waals surface area contributed by atoms with Gasteiger partial charge in [-0.2, -0.15) is 4.31 Å². The fourth-order valence-electron chi connectivity index (χ4n) is 2.53. The maximum atomic E-state index is 13.1. The van der Waals surface area contributed by atoms with Crippen LogP contribution in [0.25, 0.3) is 0 Å². The van der Waals surface area contributed by atoms with Gasteiger partial charge in [-0.15, -0.1) is 0 Å². The van der Waals surface area contributed by atoms with Gasteiger partial charge in [0.15, 0.2) is 0 Å². The second-order valence-electron chi connectivity index (χ2n) is 5.18. The molecule has 0 spiro atoms. The Hall–Kier alpha value is -1.02. The smallest absolute Gasteiger partial charge is 0.243 e. The van der Waals surface area contributed by atoms with Gasteiger partial charge in [0.05, 0.1) is 10.9 Å². The Morgan fingerprint density at radius 3 is 2.70 bits per heavy atom. The summed E-state index contributed by atoms with van der Waals surface area (Å²) < 4.78 is 40.0. The summed E-state index contributed by atoms with van der Waals surface area (Å²) in [4.78, 5) is 2.21.